The molecule has 3 aromatic rings. The van der Waals surface area contributed by atoms with Crippen molar-refractivity contribution in [2.45, 2.75) is 6.61 Å². The lowest BCUT2D eigenvalue weighted by atomic mass is 10.1. The van der Waals surface area contributed by atoms with Gasteiger partial charge in [0.1, 0.15) is 19.4 Å². The van der Waals surface area contributed by atoms with Gasteiger partial charge < -0.3 is 4.74 Å². The maximum atomic E-state index is 5.82. The summed E-state index contributed by atoms with van der Waals surface area (Å²) in [7, 11) is 2.03. The first kappa shape index (κ1) is 11.7. The summed E-state index contributed by atoms with van der Waals surface area (Å²) in [6.07, 6.45) is 4.15. The van der Waals surface area contributed by atoms with Crippen molar-refractivity contribution in [3.05, 3.63) is 72.6 Å². The Morgan fingerprint density at radius 1 is 0.947 bits per heavy atom. The van der Waals surface area contributed by atoms with E-state index in [0.717, 1.165) is 5.75 Å². The van der Waals surface area contributed by atoms with E-state index in [1.807, 2.05) is 42.1 Å². The van der Waals surface area contributed by atoms with Gasteiger partial charge in [0.25, 0.3) is 0 Å². The SMILES string of the molecule is C[n+]1ccc2cc(OCc3ccccc3)ccc2c1. The zero-order chi connectivity index (χ0) is 13.1. The summed E-state index contributed by atoms with van der Waals surface area (Å²) in [5, 5.41) is 2.42. The third-order valence-electron chi connectivity index (χ3n) is 3.14. The Morgan fingerprint density at radius 2 is 1.79 bits per heavy atom. The molecule has 0 aliphatic heterocycles. The predicted octanol–water partition coefficient (Wildman–Crippen LogP) is 3.24. The fourth-order valence-electron chi connectivity index (χ4n) is 2.11. The molecule has 0 aliphatic rings. The minimum absolute atomic E-state index is 0.604. The smallest absolute Gasteiger partial charge is 0.176 e. The number of fused-ring (bicyclic) bond motifs is 1. The van der Waals surface area contributed by atoms with E-state index in [1.165, 1.54) is 16.3 Å². The average molecular weight is 250 g/mol. The Kier molecular flexibility index (Phi) is 3.15. The molecule has 1 aromatic heterocycles. The highest BCUT2D eigenvalue weighted by Crippen LogP contribution is 2.20. The van der Waals surface area contributed by atoms with Crippen LogP contribution in [0.15, 0.2) is 67.0 Å². The number of aromatic nitrogens is 1. The summed E-state index contributed by atoms with van der Waals surface area (Å²) < 4.78 is 7.87. The number of hydrogen-bond donors (Lipinski definition) is 0. The molecule has 0 amide bonds. The molecule has 2 heteroatoms. The minimum Gasteiger partial charge on any atom is -0.489 e. The van der Waals surface area contributed by atoms with Gasteiger partial charge >= 0.3 is 0 Å². The van der Waals surface area contributed by atoms with Crippen molar-refractivity contribution >= 4 is 10.8 Å². The Balaban J connectivity index is 1.80. The molecule has 0 radical (unpaired) electrons. The van der Waals surface area contributed by atoms with Crippen molar-refractivity contribution in [2.75, 3.05) is 0 Å². The molecule has 0 aliphatic carbocycles. The molecule has 0 atom stereocenters. The van der Waals surface area contributed by atoms with Crippen molar-refractivity contribution < 1.29 is 9.30 Å². The Labute approximate surface area is 112 Å². The highest BCUT2D eigenvalue weighted by Gasteiger charge is 2.01. The van der Waals surface area contributed by atoms with E-state index < -0.39 is 0 Å². The molecular formula is C17H16NO+. The van der Waals surface area contributed by atoms with Crippen molar-refractivity contribution in [1.29, 1.82) is 0 Å². The third-order valence-corrected chi connectivity index (χ3v) is 3.14. The van der Waals surface area contributed by atoms with Crippen LogP contribution in [0.25, 0.3) is 10.8 Å². The molecule has 3 rings (SSSR count). The summed E-state index contributed by atoms with van der Waals surface area (Å²) in [6, 6.07) is 18.5. The van der Waals surface area contributed by atoms with Crippen molar-refractivity contribution in [2.24, 2.45) is 7.05 Å². The van der Waals surface area contributed by atoms with E-state index in [9.17, 15) is 0 Å². The van der Waals surface area contributed by atoms with Crippen LogP contribution < -0.4 is 9.30 Å². The molecule has 0 saturated heterocycles. The van der Waals surface area contributed by atoms with Gasteiger partial charge in [-0.2, -0.15) is 0 Å². The van der Waals surface area contributed by atoms with E-state index in [2.05, 4.69) is 36.5 Å². The van der Waals surface area contributed by atoms with Crippen molar-refractivity contribution in [1.82, 2.24) is 0 Å². The van der Waals surface area contributed by atoms with Crippen molar-refractivity contribution in [3.8, 4) is 5.75 Å². The first-order valence-electron chi connectivity index (χ1n) is 6.37. The molecular weight excluding hydrogens is 234 g/mol. The van der Waals surface area contributed by atoms with E-state index in [0.29, 0.717) is 6.61 Å². The van der Waals surface area contributed by atoms with Gasteiger partial charge in [0.15, 0.2) is 12.4 Å². The number of pyridine rings is 1. The Hall–Kier alpha value is -2.35. The molecule has 2 nitrogen and oxygen atoms in total. The molecule has 1 heterocycles. The number of aryl methyl sites for hydroxylation is 1. The average Bonchev–Trinajstić information content (AvgIpc) is 2.46. The zero-order valence-corrected chi connectivity index (χ0v) is 10.9. The second-order valence-corrected chi connectivity index (χ2v) is 4.68. The summed E-state index contributed by atoms with van der Waals surface area (Å²) in [5.41, 5.74) is 1.18. The Morgan fingerprint density at radius 3 is 2.63 bits per heavy atom. The first-order chi connectivity index (χ1) is 9.31. The second kappa shape index (κ2) is 5.11. The van der Waals surface area contributed by atoms with E-state index >= 15 is 0 Å². The van der Waals surface area contributed by atoms with Crippen LogP contribution >= 0.6 is 0 Å². The van der Waals surface area contributed by atoms with Crippen LogP contribution in [-0.4, -0.2) is 0 Å². The highest BCUT2D eigenvalue weighted by molar-refractivity contribution is 5.82. The normalized spacial score (nSPS) is 10.6. The van der Waals surface area contributed by atoms with Gasteiger partial charge in [-0.15, -0.1) is 0 Å². The molecule has 0 N–H and O–H groups in total. The Bertz CT molecular complexity index is 692. The van der Waals surface area contributed by atoms with Crippen LogP contribution in [-0.2, 0) is 13.7 Å². The van der Waals surface area contributed by atoms with Crippen LogP contribution in [0.1, 0.15) is 5.56 Å². The van der Waals surface area contributed by atoms with Gasteiger partial charge in [-0.1, -0.05) is 30.3 Å². The van der Waals surface area contributed by atoms with Gasteiger partial charge in [0.2, 0.25) is 0 Å². The zero-order valence-electron chi connectivity index (χ0n) is 10.9. The number of benzene rings is 2. The van der Waals surface area contributed by atoms with Gasteiger partial charge in [-0.25, -0.2) is 4.57 Å². The fraction of sp³-hybridized carbons (Fsp3) is 0.118. The summed E-state index contributed by atoms with van der Waals surface area (Å²) >= 11 is 0. The maximum absolute atomic E-state index is 5.82. The lowest BCUT2D eigenvalue weighted by Crippen LogP contribution is -2.25. The van der Waals surface area contributed by atoms with E-state index in [1.54, 1.807) is 0 Å². The van der Waals surface area contributed by atoms with Crippen LogP contribution in [0.5, 0.6) is 5.75 Å². The van der Waals surface area contributed by atoms with E-state index in [4.69, 9.17) is 4.74 Å². The van der Waals surface area contributed by atoms with Crippen LogP contribution in [0, 0.1) is 0 Å². The number of rotatable bonds is 3. The third kappa shape index (κ3) is 2.74. The number of nitrogens with zero attached hydrogens (tertiary/aromatic N) is 1. The standard InChI is InChI=1S/C17H16NO/c1-18-10-9-15-11-17(8-7-16(15)12-18)19-13-14-5-3-2-4-6-14/h2-12H,13H2,1H3/q+1. The maximum Gasteiger partial charge on any atom is 0.176 e. The molecule has 0 unspecified atom stereocenters. The molecule has 0 bridgehead atoms. The molecule has 2 aromatic carbocycles. The highest BCUT2D eigenvalue weighted by atomic mass is 16.5. The lowest BCUT2D eigenvalue weighted by Gasteiger charge is -2.07. The first-order valence-corrected chi connectivity index (χ1v) is 6.37. The summed E-state index contributed by atoms with van der Waals surface area (Å²) in [4.78, 5) is 0. The largest absolute Gasteiger partial charge is 0.489 e. The van der Waals surface area contributed by atoms with Gasteiger partial charge in [0.05, 0.1) is 0 Å². The van der Waals surface area contributed by atoms with Crippen LogP contribution in [0.4, 0.5) is 0 Å². The molecule has 19 heavy (non-hydrogen) atoms. The predicted molar refractivity (Wildman–Crippen MR) is 75.9 cm³/mol. The van der Waals surface area contributed by atoms with Gasteiger partial charge in [-0.3, -0.25) is 0 Å². The lowest BCUT2D eigenvalue weighted by molar-refractivity contribution is -0.670. The van der Waals surface area contributed by atoms with Gasteiger partial charge in [0, 0.05) is 11.5 Å². The minimum atomic E-state index is 0.604. The quantitative estimate of drug-likeness (QED) is 0.650. The monoisotopic (exact) mass is 250 g/mol. The molecule has 94 valence electrons. The second-order valence-electron chi connectivity index (χ2n) is 4.68. The van der Waals surface area contributed by atoms with E-state index in [-0.39, 0.29) is 0 Å². The number of hydrogen-bond acceptors (Lipinski definition) is 1. The van der Waals surface area contributed by atoms with Gasteiger partial charge in [-0.05, 0) is 29.1 Å². The van der Waals surface area contributed by atoms with Crippen LogP contribution in [0.2, 0.25) is 0 Å². The molecule has 0 spiro atoms. The van der Waals surface area contributed by atoms with Crippen molar-refractivity contribution in [3.63, 3.8) is 0 Å². The summed E-state index contributed by atoms with van der Waals surface area (Å²) in [6.45, 7) is 0.604. The molecule has 0 fully saturated rings. The number of ether oxygens (including phenoxy) is 1. The molecule has 0 saturated carbocycles. The summed E-state index contributed by atoms with van der Waals surface area (Å²) in [5.74, 6) is 0.908. The fourth-order valence-corrected chi connectivity index (χ4v) is 2.11. The topological polar surface area (TPSA) is 13.1 Å². The van der Waals surface area contributed by atoms with Crippen LogP contribution in [0.3, 0.4) is 0 Å².